The molecule has 3 aliphatic heterocycles. The predicted molar refractivity (Wildman–Crippen MR) is 67.8 cm³/mol. The second-order valence-corrected chi connectivity index (χ2v) is 6.87. The van der Waals surface area contributed by atoms with Crippen molar-refractivity contribution in [2.45, 2.75) is 87.5 Å². The number of fused-ring (bicyclic) bond motifs is 3. The fourth-order valence-corrected chi connectivity index (χ4v) is 4.52. The highest BCUT2D eigenvalue weighted by Crippen LogP contribution is 2.50. The van der Waals surface area contributed by atoms with Gasteiger partial charge >= 0.3 is 0 Å². The van der Waals surface area contributed by atoms with Crippen molar-refractivity contribution in [3.63, 3.8) is 0 Å². The van der Waals surface area contributed by atoms with Crippen LogP contribution >= 0.6 is 0 Å². The highest BCUT2D eigenvalue weighted by molar-refractivity contribution is 5.00. The van der Waals surface area contributed by atoms with Crippen LogP contribution in [0.4, 0.5) is 0 Å². The van der Waals surface area contributed by atoms with E-state index in [2.05, 4.69) is 0 Å². The molecule has 4 atom stereocenters. The summed E-state index contributed by atoms with van der Waals surface area (Å²) in [6, 6.07) is 0. The zero-order chi connectivity index (χ0) is 13.2. The van der Waals surface area contributed by atoms with Crippen molar-refractivity contribution in [1.29, 1.82) is 0 Å². The normalized spacial score (nSPS) is 48.0. The summed E-state index contributed by atoms with van der Waals surface area (Å²) < 4.78 is 30.6. The Morgan fingerprint density at radius 3 is 2.10 bits per heavy atom. The molecule has 0 radical (unpaired) electrons. The molecule has 5 rings (SSSR count). The maximum atomic E-state index is 6.32. The van der Waals surface area contributed by atoms with E-state index in [9.17, 15) is 0 Å². The number of ether oxygens (including phenoxy) is 5. The van der Waals surface area contributed by atoms with Crippen LogP contribution in [0.2, 0.25) is 0 Å². The van der Waals surface area contributed by atoms with Gasteiger partial charge in [-0.25, -0.2) is 0 Å². The molecule has 3 heterocycles. The summed E-state index contributed by atoms with van der Waals surface area (Å²) in [6.45, 7) is 0.609. The molecule has 112 valence electrons. The summed E-state index contributed by atoms with van der Waals surface area (Å²) >= 11 is 0. The van der Waals surface area contributed by atoms with Gasteiger partial charge in [0, 0.05) is 25.7 Å². The van der Waals surface area contributed by atoms with E-state index in [1.807, 2.05) is 0 Å². The van der Waals surface area contributed by atoms with Gasteiger partial charge in [0.15, 0.2) is 17.9 Å². The summed E-state index contributed by atoms with van der Waals surface area (Å²) in [5.74, 6) is -0.751. The van der Waals surface area contributed by atoms with E-state index in [1.165, 1.54) is 25.7 Å². The molecule has 0 N–H and O–H groups in total. The molecule has 0 bridgehead atoms. The quantitative estimate of drug-likeness (QED) is 0.681. The monoisotopic (exact) mass is 282 g/mol. The molecular weight excluding hydrogens is 260 g/mol. The van der Waals surface area contributed by atoms with Gasteiger partial charge in [0.05, 0.1) is 6.61 Å². The molecule has 5 nitrogen and oxygen atoms in total. The van der Waals surface area contributed by atoms with E-state index in [1.54, 1.807) is 0 Å². The molecule has 0 aromatic carbocycles. The van der Waals surface area contributed by atoms with Gasteiger partial charge in [-0.3, -0.25) is 0 Å². The van der Waals surface area contributed by atoms with Gasteiger partial charge in [0.25, 0.3) is 0 Å². The van der Waals surface area contributed by atoms with E-state index in [0.717, 1.165) is 25.7 Å². The molecule has 0 unspecified atom stereocenters. The van der Waals surface area contributed by atoms with Crippen molar-refractivity contribution in [2.24, 2.45) is 0 Å². The van der Waals surface area contributed by atoms with Crippen LogP contribution in [0.1, 0.15) is 51.4 Å². The lowest BCUT2D eigenvalue weighted by Gasteiger charge is -2.41. The highest BCUT2D eigenvalue weighted by Gasteiger charge is 2.62. The molecule has 2 spiro atoms. The minimum absolute atomic E-state index is 0.0215. The van der Waals surface area contributed by atoms with E-state index in [4.69, 9.17) is 23.7 Å². The van der Waals surface area contributed by atoms with Gasteiger partial charge in [-0.2, -0.15) is 0 Å². The average Bonchev–Trinajstić information content (AvgIpc) is 3.19. The summed E-state index contributed by atoms with van der Waals surface area (Å²) in [7, 11) is 0. The van der Waals surface area contributed by atoms with Gasteiger partial charge in [-0.15, -0.1) is 0 Å². The van der Waals surface area contributed by atoms with E-state index >= 15 is 0 Å². The zero-order valence-electron chi connectivity index (χ0n) is 11.7. The Morgan fingerprint density at radius 1 is 0.700 bits per heavy atom. The fraction of sp³-hybridized carbons (Fsp3) is 1.00. The third-order valence-corrected chi connectivity index (χ3v) is 5.54. The first kappa shape index (κ1) is 12.4. The first-order chi connectivity index (χ1) is 9.78. The first-order valence-electron chi connectivity index (χ1n) is 8.11. The van der Waals surface area contributed by atoms with Crippen LogP contribution in [0, 0.1) is 0 Å². The molecule has 0 aromatic heterocycles. The third kappa shape index (κ3) is 1.67. The van der Waals surface area contributed by atoms with Crippen LogP contribution in [0.3, 0.4) is 0 Å². The Labute approximate surface area is 118 Å². The molecule has 5 fully saturated rings. The van der Waals surface area contributed by atoms with Crippen LogP contribution in [0.5, 0.6) is 0 Å². The molecule has 3 saturated heterocycles. The summed E-state index contributed by atoms with van der Waals surface area (Å²) in [6.07, 6.45) is 8.33. The Kier molecular flexibility index (Phi) is 2.58. The van der Waals surface area contributed by atoms with Gasteiger partial charge in [-0.05, 0) is 25.7 Å². The smallest absolute Gasteiger partial charge is 0.190 e. The Morgan fingerprint density at radius 2 is 1.35 bits per heavy atom. The van der Waals surface area contributed by atoms with Crippen molar-refractivity contribution >= 4 is 0 Å². The molecule has 5 heteroatoms. The van der Waals surface area contributed by atoms with Crippen molar-refractivity contribution in [3.8, 4) is 0 Å². The van der Waals surface area contributed by atoms with Gasteiger partial charge in [0.1, 0.15) is 18.3 Å². The number of rotatable bonds is 0. The van der Waals surface area contributed by atoms with Gasteiger partial charge < -0.3 is 23.7 Å². The lowest BCUT2D eigenvalue weighted by Crippen LogP contribution is -2.52. The van der Waals surface area contributed by atoms with Crippen molar-refractivity contribution in [1.82, 2.24) is 0 Å². The van der Waals surface area contributed by atoms with Crippen molar-refractivity contribution in [2.75, 3.05) is 6.61 Å². The molecule has 2 aliphatic carbocycles. The minimum atomic E-state index is -0.384. The second-order valence-electron chi connectivity index (χ2n) is 6.87. The highest BCUT2D eigenvalue weighted by atomic mass is 16.9. The largest absolute Gasteiger partial charge is 0.347 e. The van der Waals surface area contributed by atoms with Crippen LogP contribution in [-0.4, -0.2) is 42.8 Å². The number of hydrogen-bond acceptors (Lipinski definition) is 5. The SMILES string of the molecule is C1CCC2(C1)OC[C@H]1O[C@@H]3OC4(CCCC4)O[C@@H]3[C@H]1O2. The Bertz CT molecular complexity index is 399. The van der Waals surface area contributed by atoms with Crippen molar-refractivity contribution < 1.29 is 23.7 Å². The Hall–Kier alpha value is -0.200. The van der Waals surface area contributed by atoms with Crippen molar-refractivity contribution in [3.05, 3.63) is 0 Å². The van der Waals surface area contributed by atoms with Crippen LogP contribution < -0.4 is 0 Å². The summed E-state index contributed by atoms with van der Waals surface area (Å²) in [4.78, 5) is 0. The molecular formula is C15H22O5. The average molecular weight is 282 g/mol. The predicted octanol–water partition coefficient (Wildman–Crippen LogP) is 2.08. The van der Waals surface area contributed by atoms with Gasteiger partial charge in [-0.1, -0.05) is 0 Å². The Balaban J connectivity index is 1.37. The minimum Gasteiger partial charge on any atom is -0.347 e. The fourth-order valence-electron chi connectivity index (χ4n) is 4.52. The maximum absolute atomic E-state index is 6.32. The summed E-state index contributed by atoms with van der Waals surface area (Å²) in [5.41, 5.74) is 0. The lowest BCUT2D eigenvalue weighted by atomic mass is 10.1. The summed E-state index contributed by atoms with van der Waals surface area (Å²) in [5, 5.41) is 0. The number of hydrogen-bond donors (Lipinski definition) is 0. The topological polar surface area (TPSA) is 46.2 Å². The third-order valence-electron chi connectivity index (χ3n) is 5.54. The van der Waals surface area contributed by atoms with E-state index in [0.29, 0.717) is 6.61 Å². The molecule has 0 amide bonds. The van der Waals surface area contributed by atoms with Crippen LogP contribution in [0.25, 0.3) is 0 Å². The van der Waals surface area contributed by atoms with Gasteiger partial charge in [0.2, 0.25) is 0 Å². The molecule has 2 saturated carbocycles. The first-order valence-corrected chi connectivity index (χ1v) is 8.11. The van der Waals surface area contributed by atoms with Crippen LogP contribution in [0.15, 0.2) is 0 Å². The molecule has 5 aliphatic rings. The van der Waals surface area contributed by atoms with Crippen LogP contribution in [-0.2, 0) is 23.7 Å². The van der Waals surface area contributed by atoms with E-state index in [-0.39, 0.29) is 36.2 Å². The molecule has 20 heavy (non-hydrogen) atoms. The lowest BCUT2D eigenvalue weighted by molar-refractivity contribution is -0.332. The van der Waals surface area contributed by atoms with E-state index < -0.39 is 0 Å². The second kappa shape index (κ2) is 4.17. The standard InChI is InChI=1S/C15H22O5/c1-2-6-14(5-1)16-9-10-11(18-14)12-13(17-10)20-15(19-12)7-3-4-8-15/h10-13H,1-9H2/t10-,11+,12-,13-/m1/s1. The maximum Gasteiger partial charge on any atom is 0.190 e. The zero-order valence-corrected chi connectivity index (χ0v) is 11.7. The molecule has 0 aromatic rings.